The molecule has 0 saturated carbocycles. The zero-order valence-electron chi connectivity index (χ0n) is 27.1. The number of nitrogens with zero attached hydrogens (tertiary/aromatic N) is 2. The maximum atomic E-state index is 13.5. The second-order valence-electron chi connectivity index (χ2n) is 11.6. The predicted molar refractivity (Wildman–Crippen MR) is 174 cm³/mol. The van der Waals surface area contributed by atoms with Crippen molar-refractivity contribution in [2.75, 3.05) is 32.7 Å². The molecule has 1 aliphatic rings. The Morgan fingerprint density at radius 1 is 0.755 bits per heavy atom. The molecule has 0 aromatic heterocycles. The van der Waals surface area contributed by atoms with E-state index in [1.54, 1.807) is 6.92 Å². The van der Waals surface area contributed by atoms with E-state index in [0.29, 0.717) is 0 Å². The molecule has 3 rings (SSSR count). The molecular formula is C33H36N2O13S. The lowest BCUT2D eigenvalue weighted by atomic mass is 9.80. The monoisotopic (exact) mass is 700 g/mol. The van der Waals surface area contributed by atoms with Gasteiger partial charge in [0.2, 0.25) is 0 Å². The molecule has 2 aromatic rings. The molecule has 262 valence electrons. The molecule has 0 bridgehead atoms. The number of rotatable bonds is 15. The van der Waals surface area contributed by atoms with Gasteiger partial charge in [0.05, 0.1) is 26.2 Å². The van der Waals surface area contributed by atoms with Crippen LogP contribution in [0.5, 0.6) is 5.75 Å². The van der Waals surface area contributed by atoms with Crippen LogP contribution in [-0.4, -0.2) is 111 Å². The second kappa shape index (κ2) is 15.4. The predicted octanol–water partition coefficient (Wildman–Crippen LogP) is 2.35. The van der Waals surface area contributed by atoms with E-state index in [1.807, 2.05) is 0 Å². The summed E-state index contributed by atoms with van der Waals surface area (Å²) >= 11 is 0. The molecule has 0 aliphatic heterocycles. The second-order valence-corrected chi connectivity index (χ2v) is 13.0. The number of aromatic hydroxyl groups is 1. The van der Waals surface area contributed by atoms with Crippen molar-refractivity contribution in [3.63, 3.8) is 0 Å². The first-order valence-electron chi connectivity index (χ1n) is 14.6. The highest BCUT2D eigenvalue weighted by Crippen LogP contribution is 2.42. The Balaban J connectivity index is 2.50. The van der Waals surface area contributed by atoms with Crippen LogP contribution >= 0.6 is 0 Å². The minimum absolute atomic E-state index is 0.0294. The van der Waals surface area contributed by atoms with E-state index in [4.69, 9.17) is 0 Å². The molecule has 0 heterocycles. The zero-order chi connectivity index (χ0) is 37.0. The number of benzene rings is 2. The number of aliphatic carboxylic acids is 4. The van der Waals surface area contributed by atoms with Gasteiger partial charge in [0.1, 0.15) is 10.6 Å². The van der Waals surface area contributed by atoms with Gasteiger partial charge in [-0.2, -0.15) is 8.42 Å². The van der Waals surface area contributed by atoms with Crippen LogP contribution in [0.4, 0.5) is 0 Å². The van der Waals surface area contributed by atoms with Crippen molar-refractivity contribution in [1.29, 1.82) is 0 Å². The highest BCUT2D eigenvalue weighted by atomic mass is 32.2. The Hall–Kier alpha value is -5.16. The molecular weight excluding hydrogens is 664 g/mol. The molecule has 0 radical (unpaired) electrons. The molecule has 49 heavy (non-hydrogen) atoms. The fourth-order valence-corrected chi connectivity index (χ4v) is 6.42. The number of aryl methyl sites for hydroxylation is 1. The third-order valence-corrected chi connectivity index (χ3v) is 8.81. The number of carboxylic acid groups (broad SMARTS) is 4. The number of ketones is 1. The van der Waals surface area contributed by atoms with Gasteiger partial charge in [-0.3, -0.25) is 38.3 Å². The quantitative estimate of drug-likeness (QED) is 0.146. The molecule has 0 spiro atoms. The highest BCUT2D eigenvalue weighted by Gasteiger charge is 2.31. The summed E-state index contributed by atoms with van der Waals surface area (Å²) in [6.07, 6.45) is 1.47. The maximum absolute atomic E-state index is 13.5. The number of carboxylic acids is 4. The average Bonchev–Trinajstić information content (AvgIpc) is 2.97. The lowest BCUT2D eigenvalue weighted by Gasteiger charge is -2.28. The molecule has 0 amide bonds. The van der Waals surface area contributed by atoms with Crippen LogP contribution in [0.1, 0.15) is 41.7 Å². The molecule has 6 N–H and O–H groups in total. The van der Waals surface area contributed by atoms with Crippen LogP contribution < -0.4 is 0 Å². The topological polar surface area (TPSA) is 247 Å². The standard InChI is InChI=1S/C33H36N2O13S/c1-17-9-22(19(3)24(32(17)44)11-34(13-27(36)37)14-28(38)39)31(21-7-5-6-8-26(21)49(46,47)48)23-10-18(2)33(45)25(20(23)4)12-35(15-29(40)41)16-30(42)43/h5-10,44H,11-16H2,1-4H3,(H,36,37)(H,38,39)(H,40,41)(H,42,43)(H,46,47,48)/b31-23-. The molecule has 1 aliphatic carbocycles. The maximum Gasteiger partial charge on any atom is 0.317 e. The Morgan fingerprint density at radius 3 is 1.73 bits per heavy atom. The molecule has 0 saturated heterocycles. The Kier molecular flexibility index (Phi) is 12.0. The molecule has 0 unspecified atom stereocenters. The first kappa shape index (κ1) is 38.3. The van der Waals surface area contributed by atoms with Gasteiger partial charge in [-0.15, -0.1) is 0 Å². The van der Waals surface area contributed by atoms with Crippen LogP contribution in [0.25, 0.3) is 5.57 Å². The Labute approximate surface area is 281 Å². The average molecular weight is 701 g/mol. The SMILES string of the molecule is CC1=C/C(=C(\c2ccccc2S(=O)(=O)O)c2cc(C)c(O)c(CN(CC(=O)O)CC(=O)O)c2C)C(C)=C(CN(CC(=O)O)CC(=O)O)C1=O. The molecule has 15 nitrogen and oxygen atoms in total. The van der Waals surface area contributed by atoms with Gasteiger partial charge >= 0.3 is 23.9 Å². The van der Waals surface area contributed by atoms with Crippen molar-refractivity contribution in [3.8, 4) is 5.75 Å². The van der Waals surface area contributed by atoms with E-state index in [9.17, 15) is 62.5 Å². The van der Waals surface area contributed by atoms with Crippen LogP contribution in [0.3, 0.4) is 0 Å². The third-order valence-electron chi connectivity index (χ3n) is 7.90. The first-order valence-corrected chi connectivity index (χ1v) is 16.0. The van der Waals surface area contributed by atoms with Gasteiger partial charge in [-0.25, -0.2) is 0 Å². The summed E-state index contributed by atoms with van der Waals surface area (Å²) < 4.78 is 35.6. The van der Waals surface area contributed by atoms with Crippen LogP contribution in [0.2, 0.25) is 0 Å². The zero-order valence-corrected chi connectivity index (χ0v) is 27.9. The van der Waals surface area contributed by atoms with Gasteiger partial charge < -0.3 is 25.5 Å². The van der Waals surface area contributed by atoms with Gasteiger partial charge in [0, 0.05) is 29.8 Å². The Bertz CT molecular complexity index is 1910. The minimum Gasteiger partial charge on any atom is -0.507 e. The minimum atomic E-state index is -4.88. The number of hydrogen-bond acceptors (Lipinski definition) is 10. The highest BCUT2D eigenvalue weighted by molar-refractivity contribution is 7.86. The summed E-state index contributed by atoms with van der Waals surface area (Å²) in [6.45, 7) is 2.52. The number of Topliss-reactive ketones (excluding diaryl/α,β-unsaturated/α-hetero) is 1. The summed E-state index contributed by atoms with van der Waals surface area (Å²) in [6, 6.07) is 6.95. The molecule has 0 atom stereocenters. The van der Waals surface area contributed by atoms with Crippen molar-refractivity contribution >= 4 is 45.4 Å². The van der Waals surface area contributed by atoms with Crippen molar-refractivity contribution in [3.05, 3.63) is 86.5 Å². The van der Waals surface area contributed by atoms with Crippen molar-refractivity contribution in [2.45, 2.75) is 39.1 Å². The fourth-order valence-electron chi connectivity index (χ4n) is 5.72. The largest absolute Gasteiger partial charge is 0.507 e. The fraction of sp³-hybridized carbons (Fsp3) is 0.303. The Morgan fingerprint density at radius 2 is 1.24 bits per heavy atom. The molecule has 0 fully saturated rings. The number of allylic oxidation sites excluding steroid dienone is 4. The lowest BCUT2D eigenvalue weighted by molar-refractivity contribution is -0.143. The van der Waals surface area contributed by atoms with Crippen LogP contribution in [0.15, 0.2) is 63.6 Å². The van der Waals surface area contributed by atoms with Gasteiger partial charge in [0.15, 0.2) is 5.78 Å². The van der Waals surface area contributed by atoms with Gasteiger partial charge in [0.25, 0.3) is 10.1 Å². The van der Waals surface area contributed by atoms with Gasteiger partial charge in [-0.1, -0.05) is 18.2 Å². The normalized spacial score (nSPS) is 14.7. The summed E-state index contributed by atoms with van der Waals surface area (Å²) in [7, 11) is -4.88. The van der Waals surface area contributed by atoms with Crippen molar-refractivity contribution in [2.24, 2.45) is 0 Å². The van der Waals surface area contributed by atoms with E-state index in [2.05, 4.69) is 0 Å². The summed E-state index contributed by atoms with van der Waals surface area (Å²) in [5, 5.41) is 48.7. The number of phenolic OH excluding ortho intramolecular Hbond substituents is 1. The van der Waals surface area contributed by atoms with Gasteiger partial charge in [-0.05, 0) is 84.9 Å². The molecule has 16 heteroatoms. The third kappa shape index (κ3) is 9.26. The smallest absolute Gasteiger partial charge is 0.317 e. The van der Waals surface area contributed by atoms with E-state index < -0.39 is 77.4 Å². The molecule has 2 aromatic carbocycles. The lowest BCUT2D eigenvalue weighted by Crippen LogP contribution is -2.37. The first-order chi connectivity index (χ1) is 22.7. The number of phenols is 1. The van der Waals surface area contributed by atoms with Crippen LogP contribution in [-0.2, 0) is 40.6 Å². The number of carbonyl (C=O) groups is 5. The summed E-state index contributed by atoms with van der Waals surface area (Å²) in [5.74, 6) is -6.10. The summed E-state index contributed by atoms with van der Waals surface area (Å²) in [5.41, 5.74) is 1.70. The van der Waals surface area contributed by atoms with E-state index in [0.717, 1.165) is 15.9 Å². The number of hydrogen-bond donors (Lipinski definition) is 6. The van der Waals surface area contributed by atoms with E-state index in [1.165, 1.54) is 51.1 Å². The van der Waals surface area contributed by atoms with Crippen LogP contribution in [0, 0.1) is 13.8 Å². The van der Waals surface area contributed by atoms with Crippen molar-refractivity contribution in [1.82, 2.24) is 9.80 Å². The summed E-state index contributed by atoms with van der Waals surface area (Å²) in [4.78, 5) is 61.2. The van der Waals surface area contributed by atoms with E-state index >= 15 is 0 Å². The number of carbonyl (C=O) groups excluding carboxylic acids is 1. The van der Waals surface area contributed by atoms with Crippen molar-refractivity contribution < 1.29 is 62.5 Å². The van der Waals surface area contributed by atoms with E-state index in [-0.39, 0.29) is 68.0 Å².